The number of nitrogens with one attached hydrogen (secondary N) is 2. The van der Waals surface area contributed by atoms with E-state index in [9.17, 15) is 19.5 Å². The van der Waals surface area contributed by atoms with Gasteiger partial charge in [-0.05, 0) is 48.0 Å². The van der Waals surface area contributed by atoms with Crippen LogP contribution in [0, 0.1) is 0 Å². The van der Waals surface area contributed by atoms with E-state index < -0.39 is 5.97 Å². The molecule has 0 bridgehead atoms. The number of aromatic nitrogens is 3. The van der Waals surface area contributed by atoms with Crippen LogP contribution in [0.2, 0.25) is 0 Å². The lowest BCUT2D eigenvalue weighted by molar-refractivity contribution is -0.113. The summed E-state index contributed by atoms with van der Waals surface area (Å²) in [6.45, 7) is 0.185. The molecular formula is C25H20ClN5O4. The molecule has 0 saturated carbocycles. The van der Waals surface area contributed by atoms with Crippen molar-refractivity contribution in [1.82, 2.24) is 14.8 Å². The Kier molecular flexibility index (Phi) is 7.18. The van der Waals surface area contributed by atoms with E-state index in [2.05, 4.69) is 20.7 Å². The second-order valence-corrected chi connectivity index (χ2v) is 7.77. The molecule has 0 aliphatic heterocycles. The summed E-state index contributed by atoms with van der Waals surface area (Å²) in [5.41, 5.74) is 3.35. The summed E-state index contributed by atoms with van der Waals surface area (Å²) in [5, 5.41) is 19.6. The van der Waals surface area contributed by atoms with Gasteiger partial charge in [0.1, 0.15) is 17.3 Å². The third-order valence-electron chi connectivity index (χ3n) is 5.00. The largest absolute Gasteiger partial charge is 0.477 e. The van der Waals surface area contributed by atoms with Crippen LogP contribution >= 0.6 is 11.6 Å². The van der Waals surface area contributed by atoms with Crippen LogP contribution in [-0.2, 0) is 11.3 Å². The lowest BCUT2D eigenvalue weighted by Gasteiger charge is -2.08. The molecule has 4 rings (SSSR count). The Balaban J connectivity index is 1.53. The van der Waals surface area contributed by atoms with Gasteiger partial charge in [-0.3, -0.25) is 19.3 Å². The SMILES string of the molecule is O=C(CCl)Nc1cccc(Cn2nc(-c3ccc(NC(=O)c4ccccn4)cc3)cc2C(=O)O)c1. The smallest absolute Gasteiger partial charge is 0.354 e. The zero-order valence-electron chi connectivity index (χ0n) is 18.3. The fourth-order valence-corrected chi connectivity index (χ4v) is 3.45. The van der Waals surface area contributed by atoms with Crippen molar-refractivity contribution in [1.29, 1.82) is 0 Å². The van der Waals surface area contributed by atoms with Crippen LogP contribution < -0.4 is 10.6 Å². The Labute approximate surface area is 205 Å². The molecule has 0 fully saturated rings. The number of benzene rings is 2. The first-order valence-corrected chi connectivity index (χ1v) is 11.0. The Bertz CT molecular complexity index is 1370. The minimum Gasteiger partial charge on any atom is -0.477 e. The summed E-state index contributed by atoms with van der Waals surface area (Å²) >= 11 is 5.54. The van der Waals surface area contributed by atoms with Crippen molar-refractivity contribution >= 4 is 40.8 Å². The van der Waals surface area contributed by atoms with E-state index in [-0.39, 0.29) is 29.9 Å². The number of carbonyl (C=O) groups is 3. The van der Waals surface area contributed by atoms with Crippen molar-refractivity contribution in [3.8, 4) is 11.3 Å². The lowest BCUT2D eigenvalue weighted by Crippen LogP contribution is -2.13. The summed E-state index contributed by atoms with van der Waals surface area (Å²) in [5.74, 6) is -1.95. The molecule has 0 aliphatic rings. The molecule has 0 saturated heterocycles. The number of amides is 2. The first kappa shape index (κ1) is 23.7. The highest BCUT2D eigenvalue weighted by molar-refractivity contribution is 6.29. The van der Waals surface area contributed by atoms with E-state index in [0.717, 1.165) is 5.56 Å². The van der Waals surface area contributed by atoms with Crippen LogP contribution in [0.3, 0.4) is 0 Å². The molecule has 2 amide bonds. The first-order valence-electron chi connectivity index (χ1n) is 10.5. The number of carboxylic acid groups (broad SMARTS) is 1. The van der Waals surface area contributed by atoms with Crippen LogP contribution in [0.25, 0.3) is 11.3 Å². The van der Waals surface area contributed by atoms with Crippen LogP contribution in [0.1, 0.15) is 26.5 Å². The summed E-state index contributed by atoms with van der Waals surface area (Å²) in [7, 11) is 0. The molecule has 0 spiro atoms. The fraction of sp³-hybridized carbons (Fsp3) is 0.0800. The van der Waals surface area contributed by atoms with Crippen LogP contribution in [0.5, 0.6) is 0 Å². The highest BCUT2D eigenvalue weighted by atomic mass is 35.5. The molecular weight excluding hydrogens is 470 g/mol. The van der Waals surface area contributed by atoms with Crippen molar-refractivity contribution in [3.63, 3.8) is 0 Å². The molecule has 3 N–H and O–H groups in total. The number of anilines is 2. The number of pyridine rings is 1. The monoisotopic (exact) mass is 489 g/mol. The van der Waals surface area contributed by atoms with E-state index in [1.807, 2.05) is 6.07 Å². The maximum atomic E-state index is 12.3. The maximum absolute atomic E-state index is 12.3. The first-order chi connectivity index (χ1) is 16.9. The second kappa shape index (κ2) is 10.6. The Morgan fingerprint density at radius 3 is 2.40 bits per heavy atom. The van der Waals surface area contributed by atoms with Gasteiger partial charge in [-0.15, -0.1) is 11.6 Å². The molecule has 10 heteroatoms. The third kappa shape index (κ3) is 5.90. The lowest BCUT2D eigenvalue weighted by atomic mass is 10.1. The topological polar surface area (TPSA) is 126 Å². The van der Waals surface area contributed by atoms with E-state index in [0.29, 0.717) is 28.3 Å². The summed E-state index contributed by atoms with van der Waals surface area (Å²) in [6, 6.07) is 20.5. The minimum atomic E-state index is -1.12. The van der Waals surface area contributed by atoms with Gasteiger partial charge in [0, 0.05) is 23.1 Å². The molecule has 2 aromatic carbocycles. The quantitative estimate of drug-likeness (QED) is 0.319. The van der Waals surface area contributed by atoms with Crippen molar-refractivity contribution in [2.45, 2.75) is 6.54 Å². The Morgan fingerprint density at radius 2 is 1.71 bits per heavy atom. The molecule has 0 radical (unpaired) electrons. The van der Waals surface area contributed by atoms with Gasteiger partial charge in [0.05, 0.1) is 12.2 Å². The third-order valence-corrected chi connectivity index (χ3v) is 5.24. The molecule has 2 aromatic heterocycles. The van der Waals surface area contributed by atoms with Gasteiger partial charge in [-0.25, -0.2) is 4.79 Å². The number of carboxylic acids is 1. The normalized spacial score (nSPS) is 10.5. The summed E-state index contributed by atoms with van der Waals surface area (Å²) in [4.78, 5) is 39.7. The number of alkyl halides is 1. The number of rotatable bonds is 8. The van der Waals surface area contributed by atoms with Crippen LogP contribution in [-0.4, -0.2) is 43.5 Å². The minimum absolute atomic E-state index is 0.0164. The zero-order valence-corrected chi connectivity index (χ0v) is 19.1. The van der Waals surface area contributed by atoms with Crippen molar-refractivity contribution in [2.75, 3.05) is 16.5 Å². The number of hydrogen-bond acceptors (Lipinski definition) is 5. The predicted octanol–water partition coefficient (Wildman–Crippen LogP) is 4.12. The highest BCUT2D eigenvalue weighted by Gasteiger charge is 2.16. The van der Waals surface area contributed by atoms with E-state index in [4.69, 9.17) is 11.6 Å². The molecule has 4 aromatic rings. The summed E-state index contributed by atoms with van der Waals surface area (Å²) < 4.78 is 1.39. The number of hydrogen-bond donors (Lipinski definition) is 3. The summed E-state index contributed by atoms with van der Waals surface area (Å²) in [6.07, 6.45) is 1.54. The number of carbonyl (C=O) groups excluding carboxylic acids is 2. The number of halogens is 1. The number of aromatic carboxylic acids is 1. The van der Waals surface area contributed by atoms with Crippen molar-refractivity contribution < 1.29 is 19.5 Å². The Hall–Kier alpha value is -4.50. The maximum Gasteiger partial charge on any atom is 0.354 e. The molecule has 0 aliphatic carbocycles. The molecule has 0 unspecified atom stereocenters. The molecule has 0 atom stereocenters. The van der Waals surface area contributed by atoms with Gasteiger partial charge in [0.25, 0.3) is 5.91 Å². The fourth-order valence-electron chi connectivity index (χ4n) is 3.38. The average Bonchev–Trinajstić information content (AvgIpc) is 3.29. The van der Waals surface area contributed by atoms with Gasteiger partial charge in [-0.1, -0.05) is 30.3 Å². The zero-order chi connectivity index (χ0) is 24.8. The van der Waals surface area contributed by atoms with Crippen molar-refractivity contribution in [2.24, 2.45) is 0 Å². The van der Waals surface area contributed by atoms with Crippen LogP contribution in [0.15, 0.2) is 79.0 Å². The second-order valence-electron chi connectivity index (χ2n) is 7.51. The number of nitrogens with zero attached hydrogens (tertiary/aromatic N) is 3. The van der Waals surface area contributed by atoms with Gasteiger partial charge < -0.3 is 15.7 Å². The van der Waals surface area contributed by atoms with E-state index in [1.54, 1.807) is 66.9 Å². The van der Waals surface area contributed by atoms with Crippen molar-refractivity contribution in [3.05, 3.63) is 95.9 Å². The molecule has 2 heterocycles. The highest BCUT2D eigenvalue weighted by Crippen LogP contribution is 2.23. The van der Waals surface area contributed by atoms with E-state index >= 15 is 0 Å². The Morgan fingerprint density at radius 1 is 0.914 bits per heavy atom. The van der Waals surface area contributed by atoms with E-state index in [1.165, 1.54) is 10.7 Å². The molecule has 35 heavy (non-hydrogen) atoms. The van der Waals surface area contributed by atoms with Gasteiger partial charge in [-0.2, -0.15) is 5.10 Å². The van der Waals surface area contributed by atoms with Gasteiger partial charge in [0.2, 0.25) is 5.91 Å². The standard InChI is InChI=1S/C25H20ClN5O4/c26-14-23(32)28-19-5-3-4-16(12-19)15-31-22(25(34)35)13-21(30-31)17-7-9-18(10-8-17)29-24(33)20-6-1-2-11-27-20/h1-13H,14-15H2,(H,28,32)(H,29,33)(H,34,35). The van der Waals surface area contributed by atoms with Crippen LogP contribution in [0.4, 0.5) is 11.4 Å². The van der Waals surface area contributed by atoms with Gasteiger partial charge >= 0.3 is 5.97 Å². The molecule has 9 nitrogen and oxygen atoms in total. The predicted molar refractivity (Wildman–Crippen MR) is 132 cm³/mol. The molecule has 176 valence electrons. The van der Waals surface area contributed by atoms with Gasteiger partial charge in [0.15, 0.2) is 0 Å². The average molecular weight is 490 g/mol.